The molecule has 0 radical (unpaired) electrons. The van der Waals surface area contributed by atoms with Crippen LogP contribution in [0.2, 0.25) is 0 Å². The van der Waals surface area contributed by atoms with Crippen molar-refractivity contribution in [1.82, 2.24) is 9.97 Å². The molecule has 1 saturated heterocycles. The summed E-state index contributed by atoms with van der Waals surface area (Å²) in [6.45, 7) is 1.11. The molecule has 0 amide bonds. The molecule has 5 nitrogen and oxygen atoms in total. The lowest BCUT2D eigenvalue weighted by Gasteiger charge is -2.24. The van der Waals surface area contributed by atoms with E-state index < -0.39 is 0 Å². The van der Waals surface area contributed by atoms with E-state index in [2.05, 4.69) is 20.2 Å². The van der Waals surface area contributed by atoms with Gasteiger partial charge < -0.3 is 15.3 Å². The summed E-state index contributed by atoms with van der Waals surface area (Å²) in [5, 5.41) is 12.7. The number of benzene rings is 1. The lowest BCUT2D eigenvalue weighted by molar-refractivity contribution is 0.266. The van der Waals surface area contributed by atoms with E-state index >= 15 is 0 Å². The van der Waals surface area contributed by atoms with Gasteiger partial charge >= 0.3 is 0 Å². The second-order valence-electron chi connectivity index (χ2n) is 4.92. The third-order valence-corrected chi connectivity index (χ3v) is 3.58. The minimum atomic E-state index is 0.172. The molecule has 0 saturated carbocycles. The van der Waals surface area contributed by atoms with E-state index in [0.717, 1.165) is 36.7 Å². The highest BCUT2D eigenvalue weighted by atomic mass is 16.3. The van der Waals surface area contributed by atoms with Crippen LogP contribution in [-0.2, 0) is 0 Å². The molecular weight excluding hydrogens is 252 g/mol. The minimum Gasteiger partial charge on any atom is -0.394 e. The average Bonchev–Trinajstić information content (AvgIpc) is 2.97. The largest absolute Gasteiger partial charge is 0.394 e. The van der Waals surface area contributed by atoms with Crippen LogP contribution in [0.25, 0.3) is 0 Å². The molecule has 2 aromatic rings. The number of aliphatic hydroxyl groups is 1. The Labute approximate surface area is 118 Å². The second-order valence-corrected chi connectivity index (χ2v) is 4.92. The van der Waals surface area contributed by atoms with Crippen molar-refractivity contribution in [3.63, 3.8) is 0 Å². The highest BCUT2D eigenvalue weighted by Gasteiger charge is 2.25. The van der Waals surface area contributed by atoms with Crippen molar-refractivity contribution in [3.8, 4) is 0 Å². The Hall–Kier alpha value is -2.14. The third kappa shape index (κ3) is 2.72. The molecule has 0 aliphatic carbocycles. The molecule has 0 spiro atoms. The first-order valence-electron chi connectivity index (χ1n) is 6.88. The van der Waals surface area contributed by atoms with Crippen LogP contribution in [0.15, 0.2) is 42.7 Å². The van der Waals surface area contributed by atoms with Crippen LogP contribution in [0.3, 0.4) is 0 Å². The van der Waals surface area contributed by atoms with E-state index in [1.807, 2.05) is 36.4 Å². The number of para-hydroxylation sites is 1. The quantitative estimate of drug-likeness (QED) is 0.891. The Morgan fingerprint density at radius 2 is 2.10 bits per heavy atom. The summed E-state index contributed by atoms with van der Waals surface area (Å²) in [5.74, 6) is 1.64. The van der Waals surface area contributed by atoms with Crippen molar-refractivity contribution in [2.45, 2.75) is 18.9 Å². The summed E-state index contributed by atoms with van der Waals surface area (Å²) in [5.41, 5.74) is 0.997. The summed E-state index contributed by atoms with van der Waals surface area (Å²) in [4.78, 5) is 10.7. The number of nitrogens with zero attached hydrogens (tertiary/aromatic N) is 3. The molecule has 5 heteroatoms. The first-order valence-corrected chi connectivity index (χ1v) is 6.88. The van der Waals surface area contributed by atoms with Gasteiger partial charge in [-0.15, -0.1) is 0 Å². The van der Waals surface area contributed by atoms with Crippen LogP contribution in [0.1, 0.15) is 12.8 Å². The van der Waals surface area contributed by atoms with Gasteiger partial charge in [0.25, 0.3) is 0 Å². The molecule has 1 aliphatic rings. The Morgan fingerprint density at radius 1 is 1.25 bits per heavy atom. The number of hydrogen-bond acceptors (Lipinski definition) is 5. The lowest BCUT2D eigenvalue weighted by Crippen LogP contribution is -2.32. The van der Waals surface area contributed by atoms with Gasteiger partial charge in [0.15, 0.2) is 0 Å². The van der Waals surface area contributed by atoms with Gasteiger partial charge in [-0.2, -0.15) is 0 Å². The number of anilines is 3. The summed E-state index contributed by atoms with van der Waals surface area (Å²) in [6.07, 6.45) is 3.67. The molecule has 1 fully saturated rings. The van der Waals surface area contributed by atoms with E-state index in [4.69, 9.17) is 0 Å². The van der Waals surface area contributed by atoms with E-state index in [1.165, 1.54) is 0 Å². The molecule has 1 unspecified atom stereocenters. The predicted octanol–water partition coefficient (Wildman–Crippen LogP) is 2.18. The SMILES string of the molecule is OCC1CCCN1c1cc(Nc2ccccc2)ncn1. The molecule has 2 heterocycles. The molecule has 1 aromatic carbocycles. The smallest absolute Gasteiger partial charge is 0.135 e. The average molecular weight is 270 g/mol. The maximum atomic E-state index is 9.40. The summed E-state index contributed by atoms with van der Waals surface area (Å²) in [7, 11) is 0. The molecule has 104 valence electrons. The van der Waals surface area contributed by atoms with Crippen molar-refractivity contribution in [3.05, 3.63) is 42.7 Å². The van der Waals surface area contributed by atoms with Gasteiger partial charge in [-0.25, -0.2) is 9.97 Å². The zero-order valence-electron chi connectivity index (χ0n) is 11.2. The van der Waals surface area contributed by atoms with Gasteiger partial charge in [-0.05, 0) is 25.0 Å². The fraction of sp³-hybridized carbons (Fsp3) is 0.333. The Balaban J connectivity index is 1.79. The van der Waals surface area contributed by atoms with Gasteiger partial charge in [0, 0.05) is 18.3 Å². The van der Waals surface area contributed by atoms with Crippen molar-refractivity contribution in [2.75, 3.05) is 23.4 Å². The van der Waals surface area contributed by atoms with Gasteiger partial charge in [-0.3, -0.25) is 0 Å². The molecule has 3 rings (SSSR count). The van der Waals surface area contributed by atoms with Gasteiger partial charge in [-0.1, -0.05) is 18.2 Å². The highest BCUT2D eigenvalue weighted by molar-refractivity contribution is 5.59. The number of hydrogen-bond donors (Lipinski definition) is 2. The van der Waals surface area contributed by atoms with Gasteiger partial charge in [0.2, 0.25) is 0 Å². The summed E-state index contributed by atoms with van der Waals surface area (Å²) >= 11 is 0. The van der Waals surface area contributed by atoms with Crippen molar-refractivity contribution in [1.29, 1.82) is 0 Å². The molecule has 0 bridgehead atoms. The highest BCUT2D eigenvalue weighted by Crippen LogP contribution is 2.25. The van der Waals surface area contributed by atoms with Crippen LogP contribution in [0, 0.1) is 0 Å². The first kappa shape index (κ1) is 12.9. The predicted molar refractivity (Wildman–Crippen MR) is 79.2 cm³/mol. The van der Waals surface area contributed by atoms with Crippen LogP contribution >= 0.6 is 0 Å². The van der Waals surface area contributed by atoms with E-state index in [1.54, 1.807) is 6.33 Å². The normalized spacial score (nSPS) is 18.2. The first-order chi connectivity index (χ1) is 9.86. The third-order valence-electron chi connectivity index (χ3n) is 3.58. The maximum absolute atomic E-state index is 9.40. The van der Waals surface area contributed by atoms with E-state index in [-0.39, 0.29) is 12.6 Å². The van der Waals surface area contributed by atoms with Crippen LogP contribution < -0.4 is 10.2 Å². The summed E-state index contributed by atoms with van der Waals surface area (Å²) in [6, 6.07) is 12.0. The van der Waals surface area contributed by atoms with Crippen molar-refractivity contribution in [2.24, 2.45) is 0 Å². The second kappa shape index (κ2) is 5.88. The molecule has 1 aromatic heterocycles. The lowest BCUT2D eigenvalue weighted by atomic mass is 10.2. The van der Waals surface area contributed by atoms with Crippen LogP contribution in [0.5, 0.6) is 0 Å². The van der Waals surface area contributed by atoms with E-state index in [9.17, 15) is 5.11 Å². The number of rotatable bonds is 4. The zero-order chi connectivity index (χ0) is 13.8. The number of nitrogens with one attached hydrogen (secondary N) is 1. The topological polar surface area (TPSA) is 61.3 Å². The van der Waals surface area contributed by atoms with Gasteiger partial charge in [0.05, 0.1) is 12.6 Å². The van der Waals surface area contributed by atoms with Gasteiger partial charge in [0.1, 0.15) is 18.0 Å². The maximum Gasteiger partial charge on any atom is 0.135 e. The van der Waals surface area contributed by atoms with Crippen LogP contribution in [-0.4, -0.2) is 34.3 Å². The number of aliphatic hydroxyl groups excluding tert-OH is 1. The molecular formula is C15H18N4O. The standard InChI is InChI=1S/C15H18N4O/c20-10-13-7-4-8-19(13)15-9-14(16-11-17-15)18-12-5-2-1-3-6-12/h1-3,5-6,9,11,13,20H,4,7-8,10H2,(H,16,17,18). The van der Waals surface area contributed by atoms with Crippen molar-refractivity contribution < 1.29 is 5.11 Å². The zero-order valence-corrected chi connectivity index (χ0v) is 11.2. The van der Waals surface area contributed by atoms with Crippen LogP contribution in [0.4, 0.5) is 17.3 Å². The van der Waals surface area contributed by atoms with E-state index in [0.29, 0.717) is 0 Å². The minimum absolute atomic E-state index is 0.172. The number of aromatic nitrogens is 2. The molecule has 20 heavy (non-hydrogen) atoms. The van der Waals surface area contributed by atoms with Crippen molar-refractivity contribution >= 4 is 17.3 Å². The Kier molecular flexibility index (Phi) is 3.78. The monoisotopic (exact) mass is 270 g/mol. The molecule has 1 aliphatic heterocycles. The molecule has 2 N–H and O–H groups in total. The Morgan fingerprint density at radius 3 is 2.90 bits per heavy atom. The fourth-order valence-corrected chi connectivity index (χ4v) is 2.57. The molecule has 1 atom stereocenters. The fourth-order valence-electron chi connectivity index (χ4n) is 2.57. The summed E-state index contributed by atoms with van der Waals surface area (Å²) < 4.78 is 0. The Bertz CT molecular complexity index is 561.